The number of hydrogen-bond acceptors (Lipinski definition) is 2. The van der Waals surface area contributed by atoms with E-state index in [1.54, 1.807) is 19.9 Å². The zero-order valence-electron chi connectivity index (χ0n) is 13.0. The zero-order valence-corrected chi connectivity index (χ0v) is 14.6. The van der Waals surface area contributed by atoms with Gasteiger partial charge in [0.05, 0.1) is 16.8 Å². The van der Waals surface area contributed by atoms with Gasteiger partial charge in [0, 0.05) is 11.1 Å². The summed E-state index contributed by atoms with van der Waals surface area (Å²) in [5, 5.41) is 5.72. The van der Waals surface area contributed by atoms with E-state index >= 15 is 0 Å². The van der Waals surface area contributed by atoms with Crippen LogP contribution in [0.1, 0.15) is 25.5 Å². The topological polar surface area (TPSA) is 41.1 Å². The van der Waals surface area contributed by atoms with Crippen molar-refractivity contribution in [1.82, 2.24) is 5.32 Å². The number of carbonyl (C=O) groups is 1. The summed E-state index contributed by atoms with van der Waals surface area (Å²) in [6.45, 7) is 3.36. The SMILES string of the molecule is C[C@H](N[C@@H](C)c1cc(F)c(Cl)cc1Cl)C(=O)Nc1ccccc1F. The van der Waals surface area contributed by atoms with Crippen molar-refractivity contribution in [1.29, 1.82) is 0 Å². The van der Waals surface area contributed by atoms with Crippen LogP contribution in [0.15, 0.2) is 36.4 Å². The molecule has 0 aliphatic heterocycles. The Labute approximate surface area is 149 Å². The molecular formula is C17H16Cl2F2N2O. The minimum atomic E-state index is -0.658. The van der Waals surface area contributed by atoms with Gasteiger partial charge in [-0.3, -0.25) is 10.1 Å². The fourth-order valence-electron chi connectivity index (χ4n) is 2.21. The summed E-state index contributed by atoms with van der Waals surface area (Å²) in [6.07, 6.45) is 0. The fourth-order valence-corrected chi connectivity index (χ4v) is 2.76. The van der Waals surface area contributed by atoms with Crippen LogP contribution in [0, 0.1) is 11.6 Å². The molecular weight excluding hydrogens is 357 g/mol. The van der Waals surface area contributed by atoms with Crippen molar-refractivity contribution in [2.45, 2.75) is 25.9 Å². The van der Waals surface area contributed by atoms with Crippen LogP contribution in [0.2, 0.25) is 10.0 Å². The molecule has 0 aromatic heterocycles. The summed E-state index contributed by atoms with van der Waals surface area (Å²) in [6, 6.07) is 7.35. The third-order valence-electron chi connectivity index (χ3n) is 3.53. The maximum absolute atomic E-state index is 13.6. The van der Waals surface area contributed by atoms with Gasteiger partial charge in [0.2, 0.25) is 5.91 Å². The summed E-state index contributed by atoms with van der Waals surface area (Å²) in [5.41, 5.74) is 0.573. The Kier molecular flexibility index (Phi) is 6.15. The average Bonchev–Trinajstić information content (AvgIpc) is 2.52. The van der Waals surface area contributed by atoms with Crippen LogP contribution in [-0.2, 0) is 4.79 Å². The Hall–Kier alpha value is -1.69. The predicted molar refractivity (Wildman–Crippen MR) is 92.5 cm³/mol. The van der Waals surface area contributed by atoms with Gasteiger partial charge in [-0.1, -0.05) is 35.3 Å². The van der Waals surface area contributed by atoms with E-state index < -0.39 is 29.6 Å². The van der Waals surface area contributed by atoms with Crippen LogP contribution in [0.5, 0.6) is 0 Å². The number of anilines is 1. The molecule has 2 rings (SSSR count). The minimum absolute atomic E-state index is 0.0682. The molecule has 24 heavy (non-hydrogen) atoms. The lowest BCUT2D eigenvalue weighted by Crippen LogP contribution is -2.39. The van der Waals surface area contributed by atoms with E-state index in [0.29, 0.717) is 10.6 Å². The van der Waals surface area contributed by atoms with Gasteiger partial charge in [0.15, 0.2) is 0 Å². The molecule has 0 spiro atoms. The second kappa shape index (κ2) is 7.92. The molecule has 7 heteroatoms. The number of hydrogen-bond donors (Lipinski definition) is 2. The molecule has 0 saturated carbocycles. The van der Waals surface area contributed by atoms with Gasteiger partial charge in [-0.15, -0.1) is 0 Å². The van der Waals surface area contributed by atoms with Crippen LogP contribution < -0.4 is 10.6 Å². The average molecular weight is 373 g/mol. The third kappa shape index (κ3) is 4.44. The molecule has 0 bridgehead atoms. The zero-order chi connectivity index (χ0) is 17.9. The van der Waals surface area contributed by atoms with Crippen molar-refractivity contribution in [3.8, 4) is 0 Å². The number of carbonyl (C=O) groups excluding carboxylic acids is 1. The first-order valence-corrected chi connectivity index (χ1v) is 8.01. The molecule has 0 saturated heterocycles. The van der Waals surface area contributed by atoms with E-state index in [1.807, 2.05) is 0 Å². The van der Waals surface area contributed by atoms with Crippen molar-refractivity contribution < 1.29 is 13.6 Å². The first-order valence-electron chi connectivity index (χ1n) is 7.25. The molecule has 128 valence electrons. The predicted octanol–water partition coefficient (Wildman–Crippen LogP) is 4.95. The lowest BCUT2D eigenvalue weighted by Gasteiger charge is -2.21. The Balaban J connectivity index is 2.06. The van der Waals surface area contributed by atoms with E-state index in [4.69, 9.17) is 23.2 Å². The Bertz CT molecular complexity index is 755. The molecule has 0 heterocycles. The number of nitrogens with one attached hydrogen (secondary N) is 2. The van der Waals surface area contributed by atoms with Gasteiger partial charge in [-0.2, -0.15) is 0 Å². The van der Waals surface area contributed by atoms with Crippen LogP contribution in [0.4, 0.5) is 14.5 Å². The van der Waals surface area contributed by atoms with E-state index in [2.05, 4.69) is 10.6 Å². The summed E-state index contributed by atoms with van der Waals surface area (Å²) in [5.74, 6) is -1.53. The fraction of sp³-hybridized carbons (Fsp3) is 0.235. The maximum Gasteiger partial charge on any atom is 0.241 e. The molecule has 0 fully saturated rings. The first kappa shape index (κ1) is 18.6. The third-order valence-corrected chi connectivity index (χ3v) is 4.15. The Morgan fingerprint density at radius 2 is 1.71 bits per heavy atom. The number of benzene rings is 2. The second-order valence-electron chi connectivity index (χ2n) is 5.37. The van der Waals surface area contributed by atoms with Crippen molar-refractivity contribution in [2.24, 2.45) is 0 Å². The van der Waals surface area contributed by atoms with Gasteiger partial charge in [0.1, 0.15) is 11.6 Å². The van der Waals surface area contributed by atoms with Crippen LogP contribution >= 0.6 is 23.2 Å². The number of amides is 1. The van der Waals surface area contributed by atoms with Crippen molar-refractivity contribution >= 4 is 34.8 Å². The lowest BCUT2D eigenvalue weighted by molar-refractivity contribution is -0.118. The Morgan fingerprint density at radius 1 is 1.04 bits per heavy atom. The summed E-state index contributed by atoms with van der Waals surface area (Å²) in [7, 11) is 0. The van der Waals surface area contributed by atoms with Gasteiger partial charge in [-0.25, -0.2) is 8.78 Å². The molecule has 2 N–H and O–H groups in total. The molecule has 3 nitrogen and oxygen atoms in total. The van der Waals surface area contributed by atoms with Gasteiger partial charge in [0.25, 0.3) is 0 Å². The quantitative estimate of drug-likeness (QED) is 0.729. The molecule has 2 aromatic carbocycles. The highest BCUT2D eigenvalue weighted by Gasteiger charge is 2.20. The smallest absolute Gasteiger partial charge is 0.241 e. The van der Waals surface area contributed by atoms with E-state index in [0.717, 1.165) is 0 Å². The molecule has 0 aliphatic rings. The highest BCUT2D eigenvalue weighted by atomic mass is 35.5. The first-order chi connectivity index (χ1) is 11.3. The standard InChI is InChI=1S/C17H16Cl2F2N2O/c1-9(11-7-15(21)13(19)8-12(11)18)22-10(2)17(24)23-16-6-4-3-5-14(16)20/h3-10,22H,1-2H3,(H,23,24)/t9-,10-/m0/s1. The largest absolute Gasteiger partial charge is 0.322 e. The van der Waals surface area contributed by atoms with Crippen LogP contribution in [-0.4, -0.2) is 11.9 Å². The lowest BCUT2D eigenvalue weighted by atomic mass is 10.1. The minimum Gasteiger partial charge on any atom is -0.322 e. The van der Waals surface area contributed by atoms with E-state index in [-0.39, 0.29) is 10.7 Å². The number of rotatable bonds is 5. The molecule has 1 amide bonds. The molecule has 2 atom stereocenters. The molecule has 0 aliphatic carbocycles. The number of halogens is 4. The molecule has 2 aromatic rings. The van der Waals surface area contributed by atoms with Crippen molar-refractivity contribution in [3.05, 3.63) is 63.6 Å². The highest BCUT2D eigenvalue weighted by Crippen LogP contribution is 2.28. The molecule has 0 radical (unpaired) electrons. The second-order valence-corrected chi connectivity index (χ2v) is 6.18. The molecule has 0 unspecified atom stereocenters. The maximum atomic E-state index is 13.6. The van der Waals surface area contributed by atoms with Crippen LogP contribution in [0.3, 0.4) is 0 Å². The Morgan fingerprint density at radius 3 is 2.38 bits per heavy atom. The summed E-state index contributed by atoms with van der Waals surface area (Å²) < 4.78 is 27.2. The monoisotopic (exact) mass is 372 g/mol. The van der Waals surface area contributed by atoms with Gasteiger partial charge < -0.3 is 5.32 Å². The van der Waals surface area contributed by atoms with Crippen molar-refractivity contribution in [3.63, 3.8) is 0 Å². The van der Waals surface area contributed by atoms with E-state index in [1.165, 1.54) is 30.3 Å². The summed E-state index contributed by atoms with van der Waals surface area (Å²) in [4.78, 5) is 12.2. The van der Waals surface area contributed by atoms with E-state index in [9.17, 15) is 13.6 Å². The van der Waals surface area contributed by atoms with Crippen LogP contribution in [0.25, 0.3) is 0 Å². The van der Waals surface area contributed by atoms with Gasteiger partial charge in [-0.05, 0) is 43.7 Å². The number of para-hydroxylation sites is 1. The van der Waals surface area contributed by atoms with Crippen molar-refractivity contribution in [2.75, 3.05) is 5.32 Å². The van der Waals surface area contributed by atoms with Gasteiger partial charge >= 0.3 is 0 Å². The normalized spacial score (nSPS) is 13.4. The summed E-state index contributed by atoms with van der Waals surface area (Å²) >= 11 is 11.7. The highest BCUT2D eigenvalue weighted by molar-refractivity contribution is 6.35.